The molecule has 138 valence electrons. The number of nitrogens with one attached hydrogen (secondary N) is 1. The summed E-state index contributed by atoms with van der Waals surface area (Å²) in [6, 6.07) is 11.7. The molecule has 1 heterocycles. The van der Waals surface area contributed by atoms with Crippen LogP contribution in [-0.4, -0.2) is 40.8 Å². The number of nitrogens with zero attached hydrogens (tertiary/aromatic N) is 1. The van der Waals surface area contributed by atoms with Crippen molar-refractivity contribution in [2.45, 2.75) is 6.42 Å². The fourth-order valence-corrected chi connectivity index (χ4v) is 4.41. The number of hydrogen-bond donors (Lipinski definition) is 1. The monoisotopic (exact) mass is 376 g/mol. The summed E-state index contributed by atoms with van der Waals surface area (Å²) < 4.78 is 35.9. The summed E-state index contributed by atoms with van der Waals surface area (Å²) in [5.74, 6) is 0.762. The highest BCUT2D eigenvalue weighted by Crippen LogP contribution is 2.28. The van der Waals surface area contributed by atoms with Crippen molar-refractivity contribution < 1.29 is 22.7 Å². The van der Waals surface area contributed by atoms with E-state index < -0.39 is 10.0 Å². The van der Waals surface area contributed by atoms with Gasteiger partial charge in [0, 0.05) is 18.3 Å². The molecule has 2 aromatic rings. The van der Waals surface area contributed by atoms with Crippen LogP contribution < -0.4 is 19.1 Å². The van der Waals surface area contributed by atoms with E-state index in [2.05, 4.69) is 5.32 Å². The van der Waals surface area contributed by atoms with Gasteiger partial charge in [-0.25, -0.2) is 8.42 Å². The molecule has 1 amide bonds. The third-order valence-electron chi connectivity index (χ3n) is 4.14. The van der Waals surface area contributed by atoms with Crippen LogP contribution in [0, 0.1) is 0 Å². The number of amides is 1. The number of hydrogen-bond acceptors (Lipinski definition) is 5. The molecular formula is C18H20N2O5S. The Hall–Kier alpha value is -2.74. The van der Waals surface area contributed by atoms with E-state index in [1.165, 1.54) is 18.5 Å². The number of rotatable bonds is 5. The molecule has 3 rings (SSSR count). The Morgan fingerprint density at radius 1 is 1.12 bits per heavy atom. The van der Waals surface area contributed by atoms with Gasteiger partial charge in [-0.3, -0.25) is 9.10 Å². The van der Waals surface area contributed by atoms with Gasteiger partial charge >= 0.3 is 0 Å². The van der Waals surface area contributed by atoms with Crippen molar-refractivity contribution in [3.8, 4) is 11.5 Å². The number of ether oxygens (including phenoxy) is 2. The molecule has 8 heteroatoms. The van der Waals surface area contributed by atoms with Crippen molar-refractivity contribution in [1.29, 1.82) is 0 Å². The lowest BCUT2D eigenvalue weighted by Crippen LogP contribution is -2.25. The van der Waals surface area contributed by atoms with E-state index in [-0.39, 0.29) is 11.7 Å². The van der Waals surface area contributed by atoms with Gasteiger partial charge < -0.3 is 14.8 Å². The first-order valence-electron chi connectivity index (χ1n) is 8.08. The first-order valence-corrected chi connectivity index (χ1v) is 9.69. The fourth-order valence-electron chi connectivity index (χ4n) is 2.85. The minimum Gasteiger partial charge on any atom is -0.497 e. The number of carbonyl (C=O) groups excluding carboxylic acids is 1. The molecule has 0 unspecified atom stereocenters. The van der Waals surface area contributed by atoms with E-state index in [0.717, 1.165) is 0 Å². The molecule has 0 aromatic heterocycles. The van der Waals surface area contributed by atoms with E-state index in [4.69, 9.17) is 9.47 Å². The highest BCUT2D eigenvalue weighted by Gasteiger charge is 2.28. The van der Waals surface area contributed by atoms with Gasteiger partial charge in [0.15, 0.2) is 0 Å². The van der Waals surface area contributed by atoms with Crippen LogP contribution in [0.2, 0.25) is 0 Å². The second kappa shape index (κ2) is 7.25. The van der Waals surface area contributed by atoms with Crippen LogP contribution in [-0.2, 0) is 10.0 Å². The van der Waals surface area contributed by atoms with E-state index >= 15 is 0 Å². The Labute approximate surface area is 152 Å². The summed E-state index contributed by atoms with van der Waals surface area (Å²) in [4.78, 5) is 12.6. The summed E-state index contributed by atoms with van der Waals surface area (Å²) in [6.45, 7) is 0.450. The van der Waals surface area contributed by atoms with Crippen LogP contribution >= 0.6 is 0 Å². The van der Waals surface area contributed by atoms with Crippen molar-refractivity contribution in [2.75, 3.05) is 36.1 Å². The SMILES string of the molecule is COc1ccc(C(=O)Nc2cccc(N3CCCS3(=O)=O)c2)c(OC)c1. The highest BCUT2D eigenvalue weighted by atomic mass is 32.2. The average Bonchev–Trinajstić information content (AvgIpc) is 3.00. The summed E-state index contributed by atoms with van der Waals surface area (Å²) in [5.41, 5.74) is 1.40. The average molecular weight is 376 g/mol. The zero-order chi connectivity index (χ0) is 18.7. The van der Waals surface area contributed by atoms with E-state index in [0.29, 0.717) is 41.4 Å². The summed E-state index contributed by atoms with van der Waals surface area (Å²) in [5, 5.41) is 2.78. The molecule has 0 saturated carbocycles. The van der Waals surface area contributed by atoms with Gasteiger partial charge in [-0.05, 0) is 36.8 Å². The third kappa shape index (κ3) is 3.60. The molecule has 0 aliphatic carbocycles. The molecule has 1 saturated heterocycles. The van der Waals surface area contributed by atoms with Crippen LogP contribution in [0.4, 0.5) is 11.4 Å². The fraction of sp³-hybridized carbons (Fsp3) is 0.278. The largest absolute Gasteiger partial charge is 0.497 e. The maximum Gasteiger partial charge on any atom is 0.259 e. The first kappa shape index (κ1) is 18.1. The molecule has 1 aliphatic heterocycles. The number of carbonyl (C=O) groups is 1. The Bertz CT molecular complexity index is 927. The lowest BCUT2D eigenvalue weighted by molar-refractivity contribution is 0.102. The van der Waals surface area contributed by atoms with Gasteiger partial charge in [-0.2, -0.15) is 0 Å². The normalized spacial score (nSPS) is 15.5. The van der Waals surface area contributed by atoms with Gasteiger partial charge in [-0.15, -0.1) is 0 Å². The van der Waals surface area contributed by atoms with Gasteiger partial charge in [-0.1, -0.05) is 6.07 Å². The molecular weight excluding hydrogens is 356 g/mol. The summed E-state index contributed by atoms with van der Waals surface area (Å²) in [6.07, 6.45) is 0.599. The molecule has 2 aromatic carbocycles. The summed E-state index contributed by atoms with van der Waals surface area (Å²) >= 11 is 0. The molecule has 0 spiro atoms. The van der Waals surface area contributed by atoms with Crippen LogP contribution in [0.5, 0.6) is 11.5 Å². The minimum absolute atomic E-state index is 0.145. The van der Waals surface area contributed by atoms with Crippen LogP contribution in [0.1, 0.15) is 16.8 Å². The Morgan fingerprint density at radius 3 is 2.58 bits per heavy atom. The van der Waals surface area contributed by atoms with Crippen LogP contribution in [0.3, 0.4) is 0 Å². The highest BCUT2D eigenvalue weighted by molar-refractivity contribution is 7.93. The smallest absolute Gasteiger partial charge is 0.259 e. The second-order valence-corrected chi connectivity index (χ2v) is 7.83. The van der Waals surface area contributed by atoms with Gasteiger partial charge in [0.05, 0.1) is 31.2 Å². The van der Waals surface area contributed by atoms with Crippen molar-refractivity contribution in [1.82, 2.24) is 0 Å². The Kier molecular flexibility index (Phi) is 5.03. The van der Waals surface area contributed by atoms with Gasteiger partial charge in [0.2, 0.25) is 10.0 Å². The number of benzene rings is 2. The zero-order valence-corrected chi connectivity index (χ0v) is 15.4. The van der Waals surface area contributed by atoms with Crippen molar-refractivity contribution in [2.24, 2.45) is 0 Å². The first-order chi connectivity index (χ1) is 12.4. The molecule has 1 fully saturated rings. The Morgan fingerprint density at radius 2 is 1.92 bits per heavy atom. The minimum atomic E-state index is -3.27. The summed E-state index contributed by atoms with van der Waals surface area (Å²) in [7, 11) is -0.258. The number of sulfonamides is 1. The molecule has 0 atom stereocenters. The second-order valence-electron chi connectivity index (χ2n) is 5.81. The molecule has 26 heavy (non-hydrogen) atoms. The maximum atomic E-state index is 12.6. The van der Waals surface area contributed by atoms with Crippen molar-refractivity contribution >= 4 is 27.3 Å². The van der Waals surface area contributed by atoms with Crippen LogP contribution in [0.15, 0.2) is 42.5 Å². The van der Waals surface area contributed by atoms with Crippen molar-refractivity contribution in [3.63, 3.8) is 0 Å². The molecule has 7 nitrogen and oxygen atoms in total. The predicted octanol–water partition coefficient (Wildman–Crippen LogP) is 2.50. The molecule has 1 aliphatic rings. The topological polar surface area (TPSA) is 84.9 Å². The number of anilines is 2. The molecule has 0 bridgehead atoms. The molecule has 0 radical (unpaired) electrons. The standard InChI is InChI=1S/C18H20N2O5S/c1-24-15-7-8-16(17(12-15)25-2)18(21)19-13-5-3-6-14(11-13)20-9-4-10-26(20,22)23/h3,5-8,11-12H,4,9-10H2,1-2H3,(H,19,21). The van der Waals surface area contributed by atoms with E-state index in [9.17, 15) is 13.2 Å². The molecule has 1 N–H and O–H groups in total. The predicted molar refractivity (Wildman–Crippen MR) is 99.7 cm³/mol. The lowest BCUT2D eigenvalue weighted by Gasteiger charge is -2.18. The lowest BCUT2D eigenvalue weighted by atomic mass is 10.1. The Balaban J connectivity index is 1.83. The third-order valence-corrected chi connectivity index (χ3v) is 6.01. The van der Waals surface area contributed by atoms with Gasteiger partial charge in [0.1, 0.15) is 11.5 Å². The zero-order valence-electron chi connectivity index (χ0n) is 14.6. The maximum absolute atomic E-state index is 12.6. The van der Waals surface area contributed by atoms with Crippen molar-refractivity contribution in [3.05, 3.63) is 48.0 Å². The van der Waals surface area contributed by atoms with Gasteiger partial charge in [0.25, 0.3) is 5.91 Å². The van der Waals surface area contributed by atoms with E-state index in [1.807, 2.05) is 0 Å². The number of methoxy groups -OCH3 is 2. The van der Waals surface area contributed by atoms with Crippen LogP contribution in [0.25, 0.3) is 0 Å². The quantitative estimate of drug-likeness (QED) is 0.867. The van der Waals surface area contributed by atoms with E-state index in [1.54, 1.807) is 42.5 Å².